The molecular weight excluding hydrogens is 313 g/mol. The molecule has 2 saturated heterocycles. The molecule has 0 aromatic heterocycles. The molecule has 0 saturated carbocycles. The third-order valence-corrected chi connectivity index (χ3v) is 6.27. The van der Waals surface area contributed by atoms with E-state index in [1.807, 2.05) is 0 Å². The molecule has 1 aromatic rings. The lowest BCUT2D eigenvalue weighted by atomic mass is 9.95. The van der Waals surface area contributed by atoms with Crippen molar-refractivity contribution in [2.75, 3.05) is 19.6 Å². The molecule has 1 N–H and O–H groups in total. The van der Waals surface area contributed by atoms with Crippen LogP contribution in [0.5, 0.6) is 0 Å². The number of rotatable bonds is 3. The molecule has 0 aliphatic carbocycles. The number of nitrogens with zero attached hydrogens (tertiary/aromatic N) is 2. The maximum absolute atomic E-state index is 13.7. The van der Waals surface area contributed by atoms with Gasteiger partial charge in [0.05, 0.1) is 4.92 Å². The minimum absolute atomic E-state index is 0.205. The maximum atomic E-state index is 13.7. The third-order valence-electron chi connectivity index (χ3n) is 4.37. The van der Waals surface area contributed by atoms with Crippen molar-refractivity contribution < 1.29 is 17.7 Å². The van der Waals surface area contributed by atoms with Crippen LogP contribution in [-0.4, -0.2) is 43.3 Å². The second-order valence-corrected chi connectivity index (χ2v) is 7.51. The highest BCUT2D eigenvalue weighted by Crippen LogP contribution is 2.33. The van der Waals surface area contributed by atoms with Gasteiger partial charge in [-0.05, 0) is 37.4 Å². The average Bonchev–Trinajstić information content (AvgIpc) is 2.93. The van der Waals surface area contributed by atoms with Crippen LogP contribution < -0.4 is 5.32 Å². The molecule has 22 heavy (non-hydrogen) atoms. The van der Waals surface area contributed by atoms with Gasteiger partial charge in [-0.2, -0.15) is 8.70 Å². The van der Waals surface area contributed by atoms with Crippen molar-refractivity contribution in [3.63, 3.8) is 0 Å². The van der Waals surface area contributed by atoms with E-state index >= 15 is 0 Å². The number of benzene rings is 1. The summed E-state index contributed by atoms with van der Waals surface area (Å²) >= 11 is 0. The zero-order valence-electron chi connectivity index (χ0n) is 11.7. The topological polar surface area (TPSA) is 92.5 Å². The minimum atomic E-state index is -4.07. The van der Waals surface area contributed by atoms with Crippen LogP contribution in [0, 0.1) is 21.8 Å². The number of fused-ring (bicyclic) bond motifs is 1. The first kappa shape index (κ1) is 15.3. The van der Waals surface area contributed by atoms with Crippen molar-refractivity contribution in [1.82, 2.24) is 9.62 Å². The molecule has 2 unspecified atom stereocenters. The number of piperidine rings is 1. The monoisotopic (exact) mass is 329 g/mol. The smallest absolute Gasteiger partial charge is 0.314 e. The Morgan fingerprint density at radius 3 is 2.86 bits per heavy atom. The van der Waals surface area contributed by atoms with Crippen LogP contribution >= 0.6 is 0 Å². The summed E-state index contributed by atoms with van der Waals surface area (Å²) in [5.41, 5.74) is -0.978. The van der Waals surface area contributed by atoms with Crippen molar-refractivity contribution in [2.24, 2.45) is 5.92 Å². The summed E-state index contributed by atoms with van der Waals surface area (Å²) in [5, 5.41) is 14.3. The Balaban J connectivity index is 1.97. The van der Waals surface area contributed by atoms with Crippen LogP contribution in [0.4, 0.5) is 10.1 Å². The zero-order chi connectivity index (χ0) is 15.9. The Morgan fingerprint density at radius 2 is 2.14 bits per heavy atom. The fourth-order valence-electron chi connectivity index (χ4n) is 3.25. The van der Waals surface area contributed by atoms with Gasteiger partial charge in [-0.1, -0.05) is 6.07 Å². The molecule has 2 atom stereocenters. The van der Waals surface area contributed by atoms with E-state index in [9.17, 15) is 22.9 Å². The summed E-state index contributed by atoms with van der Waals surface area (Å²) in [7, 11) is -4.07. The number of halogens is 1. The second kappa shape index (κ2) is 5.56. The van der Waals surface area contributed by atoms with Crippen LogP contribution in [0.25, 0.3) is 0 Å². The van der Waals surface area contributed by atoms with Crippen LogP contribution in [0.3, 0.4) is 0 Å². The van der Waals surface area contributed by atoms with Crippen molar-refractivity contribution in [3.8, 4) is 0 Å². The molecule has 1 aromatic carbocycles. The Bertz CT molecular complexity index is 709. The predicted molar refractivity (Wildman–Crippen MR) is 76.3 cm³/mol. The van der Waals surface area contributed by atoms with Crippen molar-refractivity contribution in [2.45, 2.75) is 23.8 Å². The molecule has 0 bridgehead atoms. The van der Waals surface area contributed by atoms with E-state index in [2.05, 4.69) is 5.32 Å². The standard InChI is InChI=1S/C13H16FN3O4S/c14-10-2-1-3-12(13(10)17(18)19)22(20,21)16-7-5-11-9(8-16)4-6-15-11/h1-3,9,11,15H,4-8H2. The fourth-order valence-corrected chi connectivity index (χ4v) is 4.93. The van der Waals surface area contributed by atoms with E-state index in [4.69, 9.17) is 0 Å². The number of nitro benzene ring substituents is 1. The van der Waals surface area contributed by atoms with E-state index in [-0.39, 0.29) is 12.5 Å². The summed E-state index contributed by atoms with van der Waals surface area (Å²) in [4.78, 5) is 9.48. The number of hydrogen-bond donors (Lipinski definition) is 1. The molecule has 2 aliphatic rings. The van der Waals surface area contributed by atoms with Gasteiger partial charge in [0, 0.05) is 19.1 Å². The van der Waals surface area contributed by atoms with Gasteiger partial charge in [0.1, 0.15) is 0 Å². The molecule has 0 radical (unpaired) electrons. The molecule has 2 aliphatic heterocycles. The van der Waals surface area contributed by atoms with Gasteiger partial charge in [-0.3, -0.25) is 10.1 Å². The molecular formula is C13H16FN3O4S. The first-order valence-corrected chi connectivity index (χ1v) is 8.51. The van der Waals surface area contributed by atoms with Gasteiger partial charge in [-0.15, -0.1) is 0 Å². The lowest BCUT2D eigenvalue weighted by Gasteiger charge is -2.33. The Labute approximate surface area is 127 Å². The SMILES string of the molecule is O=[N+]([O-])c1c(F)cccc1S(=O)(=O)N1CCC2NCCC2C1. The second-order valence-electron chi connectivity index (χ2n) is 5.60. The van der Waals surface area contributed by atoms with E-state index in [1.165, 1.54) is 10.4 Å². The largest absolute Gasteiger partial charge is 0.324 e. The summed E-state index contributed by atoms with van der Waals surface area (Å²) < 4.78 is 40.3. The molecule has 9 heteroatoms. The van der Waals surface area contributed by atoms with Gasteiger partial charge in [0.2, 0.25) is 15.8 Å². The van der Waals surface area contributed by atoms with Crippen LogP contribution in [0.1, 0.15) is 12.8 Å². The summed E-state index contributed by atoms with van der Waals surface area (Å²) in [6, 6.07) is 3.47. The highest BCUT2D eigenvalue weighted by molar-refractivity contribution is 7.89. The lowest BCUT2D eigenvalue weighted by molar-refractivity contribution is -0.390. The van der Waals surface area contributed by atoms with E-state index in [0.717, 1.165) is 25.1 Å². The van der Waals surface area contributed by atoms with Gasteiger partial charge in [-0.25, -0.2) is 8.42 Å². The summed E-state index contributed by atoms with van der Waals surface area (Å²) in [6.45, 7) is 1.45. The summed E-state index contributed by atoms with van der Waals surface area (Å²) in [6.07, 6.45) is 1.54. The Morgan fingerprint density at radius 1 is 1.36 bits per heavy atom. The third kappa shape index (κ3) is 2.49. The van der Waals surface area contributed by atoms with Crippen LogP contribution in [0.2, 0.25) is 0 Å². The molecule has 2 heterocycles. The summed E-state index contributed by atoms with van der Waals surface area (Å²) in [5.74, 6) is -0.931. The minimum Gasteiger partial charge on any atom is -0.314 e. The molecule has 7 nitrogen and oxygen atoms in total. The molecule has 3 rings (SSSR count). The molecule has 2 fully saturated rings. The normalized spacial score (nSPS) is 25.9. The number of hydrogen-bond acceptors (Lipinski definition) is 5. The van der Waals surface area contributed by atoms with E-state index in [1.54, 1.807) is 0 Å². The van der Waals surface area contributed by atoms with Crippen molar-refractivity contribution in [1.29, 1.82) is 0 Å². The number of para-hydroxylation sites is 1. The average molecular weight is 329 g/mol. The zero-order valence-corrected chi connectivity index (χ0v) is 12.6. The fraction of sp³-hybridized carbons (Fsp3) is 0.538. The Kier molecular flexibility index (Phi) is 3.87. The number of nitrogens with one attached hydrogen (secondary N) is 1. The van der Waals surface area contributed by atoms with Crippen LogP contribution in [0.15, 0.2) is 23.1 Å². The predicted octanol–water partition coefficient (Wildman–Crippen LogP) is 1.11. The molecule has 0 amide bonds. The van der Waals surface area contributed by atoms with E-state index < -0.39 is 31.3 Å². The molecule has 0 spiro atoms. The van der Waals surface area contributed by atoms with E-state index in [0.29, 0.717) is 19.0 Å². The quantitative estimate of drug-likeness (QED) is 0.662. The number of nitro groups is 1. The first-order valence-electron chi connectivity index (χ1n) is 7.07. The van der Waals surface area contributed by atoms with Crippen molar-refractivity contribution in [3.05, 3.63) is 34.1 Å². The van der Waals surface area contributed by atoms with Gasteiger partial charge in [0.25, 0.3) is 0 Å². The highest BCUT2D eigenvalue weighted by atomic mass is 32.2. The highest BCUT2D eigenvalue weighted by Gasteiger charge is 2.40. The first-order chi connectivity index (χ1) is 10.4. The van der Waals surface area contributed by atoms with Gasteiger partial charge >= 0.3 is 5.69 Å². The lowest BCUT2D eigenvalue weighted by Crippen LogP contribution is -2.46. The number of sulfonamides is 1. The Hall–Kier alpha value is -1.58. The van der Waals surface area contributed by atoms with Gasteiger partial charge < -0.3 is 5.32 Å². The van der Waals surface area contributed by atoms with Gasteiger partial charge in [0.15, 0.2) is 4.90 Å². The molecule has 120 valence electrons. The van der Waals surface area contributed by atoms with Crippen molar-refractivity contribution >= 4 is 15.7 Å². The maximum Gasteiger partial charge on any atom is 0.324 e. The van der Waals surface area contributed by atoms with Crippen LogP contribution in [-0.2, 0) is 10.0 Å².